The van der Waals surface area contributed by atoms with E-state index in [2.05, 4.69) is 7.05 Å². The van der Waals surface area contributed by atoms with E-state index in [9.17, 15) is 4.21 Å². The van der Waals surface area contributed by atoms with Gasteiger partial charge < -0.3 is 4.90 Å². The van der Waals surface area contributed by atoms with Crippen LogP contribution in [-0.2, 0) is 10.8 Å². The Labute approximate surface area is 52.3 Å². The number of hydrogen-bond donors (Lipinski definition) is 1. The van der Waals surface area contributed by atoms with Crippen molar-refractivity contribution < 1.29 is 9.11 Å². The molecular weight excluding hydrogens is 122 g/mol. The van der Waals surface area contributed by atoms with Crippen LogP contribution in [-0.4, -0.2) is 28.8 Å². The second-order valence-electron chi connectivity index (χ2n) is 2.10. The molecule has 8 heavy (non-hydrogen) atoms. The highest BCUT2D eigenvalue weighted by molar-refractivity contribution is 7.85. The Morgan fingerprint density at radius 1 is 1.38 bits per heavy atom. The van der Waals surface area contributed by atoms with Gasteiger partial charge in [0.1, 0.15) is 0 Å². The summed E-state index contributed by atoms with van der Waals surface area (Å²) >= 11 is 0. The number of rotatable bonds is 0. The van der Waals surface area contributed by atoms with Crippen molar-refractivity contribution in [2.75, 3.05) is 24.6 Å². The predicted molar refractivity (Wildman–Crippen MR) is 33.9 cm³/mol. The Morgan fingerprint density at radius 2 is 1.88 bits per heavy atom. The van der Waals surface area contributed by atoms with Crippen LogP contribution < -0.4 is 4.90 Å². The van der Waals surface area contributed by atoms with Gasteiger partial charge >= 0.3 is 0 Å². The maximum absolute atomic E-state index is 10.7. The van der Waals surface area contributed by atoms with E-state index < -0.39 is 10.8 Å². The molecule has 0 bridgehead atoms. The zero-order valence-corrected chi connectivity index (χ0v) is 5.67. The van der Waals surface area contributed by atoms with Crippen LogP contribution in [0, 0.1) is 7.05 Å². The lowest BCUT2D eigenvalue weighted by Gasteiger charge is -2.24. The molecule has 0 aromatic heterocycles. The molecule has 48 valence electrons. The Hall–Kier alpha value is 0.110. The zero-order valence-electron chi connectivity index (χ0n) is 4.85. The molecule has 0 aromatic rings. The van der Waals surface area contributed by atoms with E-state index in [1.54, 1.807) is 0 Å². The van der Waals surface area contributed by atoms with Gasteiger partial charge in [0.2, 0.25) is 0 Å². The quantitative estimate of drug-likeness (QED) is 0.396. The minimum absolute atomic E-state index is 0.522. The van der Waals surface area contributed by atoms with Crippen molar-refractivity contribution in [2.24, 2.45) is 0 Å². The van der Waals surface area contributed by atoms with Crippen LogP contribution in [0.1, 0.15) is 0 Å². The molecule has 1 aliphatic heterocycles. The second-order valence-corrected chi connectivity index (χ2v) is 3.79. The fourth-order valence-corrected chi connectivity index (χ4v) is 1.98. The highest BCUT2D eigenvalue weighted by Gasteiger charge is 2.09. The lowest BCUT2D eigenvalue weighted by Crippen LogP contribution is -3.09. The van der Waals surface area contributed by atoms with Crippen molar-refractivity contribution in [3.05, 3.63) is 7.05 Å². The van der Waals surface area contributed by atoms with Gasteiger partial charge in [0.25, 0.3) is 0 Å². The summed E-state index contributed by atoms with van der Waals surface area (Å²) in [5.74, 6) is 1.69. The monoisotopic (exact) mass is 133 g/mol. The molecule has 0 spiro atoms. The van der Waals surface area contributed by atoms with E-state index >= 15 is 0 Å². The second kappa shape index (κ2) is 2.60. The fraction of sp³-hybridized carbons (Fsp3) is 0.800. The molecule has 1 saturated heterocycles. The van der Waals surface area contributed by atoms with Crippen molar-refractivity contribution in [1.29, 1.82) is 0 Å². The van der Waals surface area contributed by atoms with Crippen molar-refractivity contribution in [2.45, 2.75) is 0 Å². The topological polar surface area (TPSA) is 21.5 Å². The van der Waals surface area contributed by atoms with Crippen molar-refractivity contribution in [1.82, 2.24) is 0 Å². The Bertz CT molecular complexity index is 94.6. The molecule has 2 nitrogen and oxygen atoms in total. The Morgan fingerprint density at radius 3 is 2.25 bits per heavy atom. The molecule has 1 rings (SSSR count). The van der Waals surface area contributed by atoms with Crippen LogP contribution in [0.5, 0.6) is 0 Å². The molecule has 0 unspecified atom stereocenters. The molecule has 0 saturated carbocycles. The van der Waals surface area contributed by atoms with Crippen molar-refractivity contribution in [3.63, 3.8) is 0 Å². The van der Waals surface area contributed by atoms with E-state index in [4.69, 9.17) is 0 Å². The van der Waals surface area contributed by atoms with Gasteiger partial charge in [-0.05, 0) is 0 Å². The van der Waals surface area contributed by atoms with E-state index in [0.29, 0.717) is 0 Å². The lowest BCUT2D eigenvalue weighted by atomic mass is 10.6. The molecule has 0 aliphatic carbocycles. The number of quaternary nitrogens is 1. The van der Waals surface area contributed by atoms with Gasteiger partial charge in [-0.2, -0.15) is 7.05 Å². The molecule has 0 radical (unpaired) electrons. The maximum Gasteiger partial charge on any atom is 0.0707 e. The summed E-state index contributed by atoms with van der Waals surface area (Å²) < 4.78 is 10.7. The lowest BCUT2D eigenvalue weighted by molar-refractivity contribution is -0.849. The summed E-state index contributed by atoms with van der Waals surface area (Å²) in [4.78, 5) is 1.27. The third-order valence-corrected chi connectivity index (χ3v) is 2.69. The van der Waals surface area contributed by atoms with Crippen LogP contribution in [0.15, 0.2) is 0 Å². The van der Waals surface area contributed by atoms with Crippen LogP contribution in [0.3, 0.4) is 0 Å². The van der Waals surface area contributed by atoms with Crippen LogP contribution in [0.25, 0.3) is 0 Å². The number of hydrogen-bond acceptors (Lipinski definition) is 1. The minimum atomic E-state index is -0.522. The first kappa shape index (κ1) is 6.23. The zero-order chi connectivity index (χ0) is 5.98. The minimum Gasteiger partial charge on any atom is -0.466 e. The van der Waals surface area contributed by atoms with Gasteiger partial charge in [-0.15, -0.1) is 0 Å². The molecular formula is C5H11NOS. The van der Waals surface area contributed by atoms with E-state index in [1.807, 2.05) is 0 Å². The molecule has 0 amide bonds. The summed E-state index contributed by atoms with van der Waals surface area (Å²) in [6, 6.07) is 0. The summed E-state index contributed by atoms with van der Waals surface area (Å²) in [6.07, 6.45) is 0. The maximum atomic E-state index is 10.7. The fourth-order valence-electron chi connectivity index (χ4n) is 0.743. The SMILES string of the molecule is [CH2-][NH+]1CCS(=O)CC1. The highest BCUT2D eigenvalue weighted by atomic mass is 32.2. The van der Waals surface area contributed by atoms with Gasteiger partial charge in [-0.25, -0.2) is 0 Å². The summed E-state index contributed by atoms with van der Waals surface area (Å²) in [6.45, 7) is 1.96. The first-order valence-corrected chi connectivity index (χ1v) is 4.29. The first-order valence-electron chi connectivity index (χ1n) is 2.80. The molecule has 1 N–H and O–H groups in total. The van der Waals surface area contributed by atoms with E-state index in [-0.39, 0.29) is 0 Å². The average Bonchev–Trinajstić information content (AvgIpc) is 1.77. The van der Waals surface area contributed by atoms with Crippen LogP contribution in [0.2, 0.25) is 0 Å². The summed E-state index contributed by atoms with van der Waals surface area (Å²) in [5, 5.41) is 0. The third kappa shape index (κ3) is 1.56. The van der Waals surface area contributed by atoms with Gasteiger partial charge in [0.15, 0.2) is 0 Å². The highest BCUT2D eigenvalue weighted by Crippen LogP contribution is 1.80. The normalized spacial score (nSPS) is 39.6. The Kier molecular flexibility index (Phi) is 2.02. The average molecular weight is 133 g/mol. The van der Waals surface area contributed by atoms with Crippen molar-refractivity contribution >= 4 is 10.8 Å². The van der Waals surface area contributed by atoms with Crippen LogP contribution >= 0.6 is 0 Å². The summed E-state index contributed by atoms with van der Waals surface area (Å²) in [7, 11) is 3.29. The molecule has 0 atom stereocenters. The van der Waals surface area contributed by atoms with Crippen LogP contribution in [0.4, 0.5) is 0 Å². The first-order chi connectivity index (χ1) is 3.79. The van der Waals surface area contributed by atoms with Gasteiger partial charge in [0, 0.05) is 10.8 Å². The largest absolute Gasteiger partial charge is 0.466 e. The number of nitrogens with one attached hydrogen (secondary N) is 1. The Balaban J connectivity index is 2.29. The van der Waals surface area contributed by atoms with Gasteiger partial charge in [0.05, 0.1) is 24.6 Å². The molecule has 3 heteroatoms. The smallest absolute Gasteiger partial charge is 0.0707 e. The van der Waals surface area contributed by atoms with Gasteiger partial charge in [-0.3, -0.25) is 4.21 Å². The molecule has 1 aliphatic rings. The molecule has 0 aromatic carbocycles. The third-order valence-electron chi connectivity index (χ3n) is 1.37. The molecule has 1 heterocycles. The van der Waals surface area contributed by atoms with Gasteiger partial charge in [-0.1, -0.05) is 0 Å². The predicted octanol–water partition coefficient (Wildman–Crippen LogP) is -1.57. The summed E-state index contributed by atoms with van der Waals surface area (Å²) in [5.41, 5.74) is 0. The van der Waals surface area contributed by atoms with E-state index in [0.717, 1.165) is 24.6 Å². The van der Waals surface area contributed by atoms with Crippen molar-refractivity contribution in [3.8, 4) is 0 Å². The molecule has 1 fully saturated rings. The standard InChI is InChI=1S/C5H11NOS/c1-6-2-4-8(7)5-3-6/h6H,1-5H2. The van der Waals surface area contributed by atoms with E-state index in [1.165, 1.54) is 4.90 Å².